The number of amides is 1. The van der Waals surface area contributed by atoms with E-state index in [1.54, 1.807) is 6.08 Å². The molecular weight excluding hydrogens is 194 g/mol. The van der Waals surface area contributed by atoms with Crippen molar-refractivity contribution in [3.63, 3.8) is 0 Å². The van der Waals surface area contributed by atoms with E-state index in [1.807, 2.05) is 13.8 Å². The minimum Gasteiger partial charge on any atom is -0.480 e. The predicted octanol–water partition coefficient (Wildman–Crippen LogP) is 1.66. The third-order valence-electron chi connectivity index (χ3n) is 2.31. The number of carboxylic acids is 1. The fourth-order valence-electron chi connectivity index (χ4n) is 1.23. The Kier molecular flexibility index (Phi) is 6.42. The summed E-state index contributed by atoms with van der Waals surface area (Å²) < 4.78 is 0. The van der Waals surface area contributed by atoms with Crippen molar-refractivity contribution in [2.24, 2.45) is 0 Å². The van der Waals surface area contributed by atoms with Gasteiger partial charge in [-0.15, -0.1) is 6.58 Å². The smallest absolute Gasteiger partial charge is 0.323 e. The molecule has 0 saturated heterocycles. The fraction of sp³-hybridized carbons (Fsp3) is 0.636. The third-order valence-corrected chi connectivity index (χ3v) is 2.31. The first-order valence-corrected chi connectivity index (χ1v) is 5.15. The topological polar surface area (TPSA) is 57.6 Å². The van der Waals surface area contributed by atoms with Crippen molar-refractivity contribution in [1.29, 1.82) is 0 Å². The van der Waals surface area contributed by atoms with E-state index < -0.39 is 5.97 Å². The molecule has 0 aliphatic rings. The normalized spacial score (nSPS) is 11.9. The van der Waals surface area contributed by atoms with Crippen LogP contribution in [0.15, 0.2) is 12.7 Å². The van der Waals surface area contributed by atoms with Gasteiger partial charge in [-0.1, -0.05) is 13.0 Å². The summed E-state index contributed by atoms with van der Waals surface area (Å²) in [6, 6.07) is -0.0292. The van der Waals surface area contributed by atoms with Crippen molar-refractivity contribution in [3.05, 3.63) is 12.7 Å². The number of nitrogens with zero attached hydrogens (tertiary/aromatic N) is 1. The van der Waals surface area contributed by atoms with Gasteiger partial charge < -0.3 is 10.0 Å². The van der Waals surface area contributed by atoms with Crippen molar-refractivity contribution in [1.82, 2.24) is 4.90 Å². The molecule has 0 aromatic carbocycles. The molecular formula is C11H19NO3. The number of aliphatic carboxylic acids is 1. The van der Waals surface area contributed by atoms with Gasteiger partial charge in [0, 0.05) is 12.5 Å². The summed E-state index contributed by atoms with van der Waals surface area (Å²) >= 11 is 0. The van der Waals surface area contributed by atoms with Gasteiger partial charge in [-0.2, -0.15) is 0 Å². The lowest BCUT2D eigenvalue weighted by molar-refractivity contribution is -0.146. The molecule has 4 heteroatoms. The molecule has 4 nitrogen and oxygen atoms in total. The van der Waals surface area contributed by atoms with Crippen LogP contribution in [0.5, 0.6) is 0 Å². The Balaban J connectivity index is 4.39. The van der Waals surface area contributed by atoms with Crippen molar-refractivity contribution < 1.29 is 14.7 Å². The van der Waals surface area contributed by atoms with Crippen LogP contribution in [0.1, 0.15) is 33.1 Å². The maximum absolute atomic E-state index is 11.7. The lowest BCUT2D eigenvalue weighted by atomic mass is 10.2. The molecule has 0 bridgehead atoms. The Morgan fingerprint density at radius 1 is 1.53 bits per heavy atom. The molecule has 1 amide bonds. The number of carboxylic acid groups (broad SMARTS) is 1. The Morgan fingerprint density at radius 2 is 2.13 bits per heavy atom. The fourth-order valence-corrected chi connectivity index (χ4v) is 1.23. The van der Waals surface area contributed by atoms with Crippen LogP contribution in [-0.2, 0) is 9.59 Å². The molecule has 0 aromatic heterocycles. The minimum absolute atomic E-state index is 0.0292. The van der Waals surface area contributed by atoms with Gasteiger partial charge >= 0.3 is 5.97 Å². The Bertz CT molecular complexity index is 238. The molecule has 1 N–H and O–H groups in total. The maximum Gasteiger partial charge on any atom is 0.323 e. The zero-order valence-corrected chi connectivity index (χ0v) is 9.40. The number of hydrogen-bond donors (Lipinski definition) is 1. The van der Waals surface area contributed by atoms with E-state index >= 15 is 0 Å². The summed E-state index contributed by atoms with van der Waals surface area (Å²) in [5.74, 6) is -1.09. The SMILES string of the molecule is C=CCCC(=O)N(CC(=O)O)C(C)CC. The molecule has 0 aromatic rings. The maximum atomic E-state index is 11.7. The summed E-state index contributed by atoms with van der Waals surface area (Å²) in [4.78, 5) is 23.7. The summed E-state index contributed by atoms with van der Waals surface area (Å²) in [7, 11) is 0. The molecule has 0 heterocycles. The van der Waals surface area contributed by atoms with Gasteiger partial charge in [-0.05, 0) is 19.8 Å². The van der Waals surface area contributed by atoms with Gasteiger partial charge in [0.2, 0.25) is 5.91 Å². The van der Waals surface area contributed by atoms with Crippen LogP contribution in [0, 0.1) is 0 Å². The minimum atomic E-state index is -0.970. The van der Waals surface area contributed by atoms with Gasteiger partial charge in [-0.3, -0.25) is 9.59 Å². The molecule has 0 rings (SSSR count). The van der Waals surface area contributed by atoms with E-state index in [9.17, 15) is 9.59 Å². The van der Waals surface area contributed by atoms with Gasteiger partial charge in [0.25, 0.3) is 0 Å². The van der Waals surface area contributed by atoms with Gasteiger partial charge in [0.15, 0.2) is 0 Å². The first-order valence-electron chi connectivity index (χ1n) is 5.15. The van der Waals surface area contributed by atoms with Crippen LogP contribution in [0.3, 0.4) is 0 Å². The predicted molar refractivity (Wildman–Crippen MR) is 58.5 cm³/mol. The molecule has 1 atom stereocenters. The van der Waals surface area contributed by atoms with Crippen molar-refractivity contribution >= 4 is 11.9 Å². The Hall–Kier alpha value is -1.32. The second-order valence-electron chi connectivity index (χ2n) is 3.50. The average Bonchev–Trinajstić information content (AvgIpc) is 2.21. The number of hydrogen-bond acceptors (Lipinski definition) is 2. The lowest BCUT2D eigenvalue weighted by Gasteiger charge is -2.26. The Morgan fingerprint density at radius 3 is 2.53 bits per heavy atom. The lowest BCUT2D eigenvalue weighted by Crippen LogP contribution is -2.41. The van der Waals surface area contributed by atoms with Crippen LogP contribution in [-0.4, -0.2) is 34.5 Å². The highest BCUT2D eigenvalue weighted by molar-refractivity contribution is 5.81. The number of allylic oxidation sites excluding steroid dienone is 1. The molecule has 0 spiro atoms. The van der Waals surface area contributed by atoms with Gasteiger partial charge in [-0.25, -0.2) is 0 Å². The average molecular weight is 213 g/mol. The van der Waals surface area contributed by atoms with Crippen molar-refractivity contribution in [2.75, 3.05) is 6.54 Å². The first-order chi connectivity index (χ1) is 7.02. The zero-order valence-electron chi connectivity index (χ0n) is 9.40. The number of carbonyl (C=O) groups is 2. The molecule has 86 valence electrons. The molecule has 0 fully saturated rings. The number of rotatable bonds is 7. The highest BCUT2D eigenvalue weighted by atomic mass is 16.4. The van der Waals surface area contributed by atoms with Crippen LogP contribution < -0.4 is 0 Å². The molecule has 0 aliphatic heterocycles. The zero-order chi connectivity index (χ0) is 11.8. The molecule has 0 aliphatic carbocycles. The number of carbonyl (C=O) groups excluding carboxylic acids is 1. The van der Waals surface area contributed by atoms with Gasteiger partial charge in [0.1, 0.15) is 6.54 Å². The second kappa shape index (κ2) is 7.04. The summed E-state index contributed by atoms with van der Waals surface area (Å²) in [5.41, 5.74) is 0. The highest BCUT2D eigenvalue weighted by Gasteiger charge is 2.20. The first kappa shape index (κ1) is 13.7. The molecule has 0 saturated carbocycles. The quantitative estimate of drug-likeness (QED) is 0.654. The molecule has 15 heavy (non-hydrogen) atoms. The van der Waals surface area contributed by atoms with E-state index in [-0.39, 0.29) is 18.5 Å². The monoisotopic (exact) mass is 213 g/mol. The van der Waals surface area contributed by atoms with E-state index in [0.717, 1.165) is 6.42 Å². The summed E-state index contributed by atoms with van der Waals surface area (Å²) in [6.45, 7) is 7.10. The highest BCUT2D eigenvalue weighted by Crippen LogP contribution is 2.07. The van der Waals surface area contributed by atoms with Gasteiger partial charge in [0.05, 0.1) is 0 Å². The third kappa shape index (κ3) is 5.20. The molecule has 1 unspecified atom stereocenters. The summed E-state index contributed by atoms with van der Waals surface area (Å²) in [5, 5.41) is 8.69. The Labute approximate surface area is 90.6 Å². The standard InChI is InChI=1S/C11H19NO3/c1-4-6-7-10(13)12(8-11(14)15)9(3)5-2/h4,9H,1,5-8H2,2-3H3,(H,14,15). The summed E-state index contributed by atoms with van der Waals surface area (Å²) in [6.07, 6.45) is 3.34. The molecule has 0 radical (unpaired) electrons. The van der Waals surface area contributed by atoms with Crippen LogP contribution >= 0.6 is 0 Å². The van der Waals surface area contributed by atoms with E-state index in [0.29, 0.717) is 12.8 Å². The van der Waals surface area contributed by atoms with Crippen LogP contribution in [0.25, 0.3) is 0 Å². The van der Waals surface area contributed by atoms with E-state index in [1.165, 1.54) is 4.90 Å². The van der Waals surface area contributed by atoms with E-state index in [2.05, 4.69) is 6.58 Å². The second-order valence-corrected chi connectivity index (χ2v) is 3.50. The van der Waals surface area contributed by atoms with Crippen molar-refractivity contribution in [2.45, 2.75) is 39.2 Å². The van der Waals surface area contributed by atoms with Crippen LogP contribution in [0.2, 0.25) is 0 Å². The van der Waals surface area contributed by atoms with Crippen molar-refractivity contribution in [3.8, 4) is 0 Å². The largest absolute Gasteiger partial charge is 0.480 e. The van der Waals surface area contributed by atoms with E-state index in [4.69, 9.17) is 5.11 Å². The van der Waals surface area contributed by atoms with Crippen LogP contribution in [0.4, 0.5) is 0 Å².